The zero-order valence-electron chi connectivity index (χ0n) is 10.8. The summed E-state index contributed by atoms with van der Waals surface area (Å²) >= 11 is 6.82. The molecule has 2 N–H and O–H groups in total. The van der Waals surface area contributed by atoms with Crippen LogP contribution in [0.25, 0.3) is 0 Å². The molecule has 2 rings (SSSR count). The number of hydrogen-bond donors (Lipinski definition) is 2. The fourth-order valence-electron chi connectivity index (χ4n) is 1.56. The van der Waals surface area contributed by atoms with Gasteiger partial charge in [-0.05, 0) is 29.1 Å². The lowest BCUT2D eigenvalue weighted by Gasteiger charge is -2.07. The van der Waals surface area contributed by atoms with Crippen LogP contribution in [0.5, 0.6) is 5.75 Å². The van der Waals surface area contributed by atoms with Crippen molar-refractivity contribution in [3.8, 4) is 5.75 Å². The van der Waals surface area contributed by atoms with E-state index in [4.69, 9.17) is 21.4 Å². The van der Waals surface area contributed by atoms with E-state index in [-0.39, 0.29) is 23.1 Å². The Morgan fingerprint density at radius 2 is 1.95 bits per heavy atom. The van der Waals surface area contributed by atoms with Gasteiger partial charge >= 0.3 is 5.97 Å². The number of nitrogens with one attached hydrogen (secondary N) is 1. The molecule has 0 radical (unpaired) electrons. The van der Waals surface area contributed by atoms with Crippen molar-refractivity contribution in [1.29, 1.82) is 0 Å². The quantitative estimate of drug-likeness (QED) is 0.856. The second-order valence-corrected chi connectivity index (χ2v) is 5.46. The van der Waals surface area contributed by atoms with Gasteiger partial charge < -0.3 is 15.2 Å². The minimum atomic E-state index is -1.07. The summed E-state index contributed by atoms with van der Waals surface area (Å²) in [5, 5.41) is 13.8. The molecular formula is C14H12ClNO4S. The molecule has 1 heterocycles. The van der Waals surface area contributed by atoms with Gasteiger partial charge in [0.15, 0.2) is 11.5 Å². The fourth-order valence-corrected chi connectivity index (χ4v) is 2.36. The van der Waals surface area contributed by atoms with E-state index in [1.165, 1.54) is 6.07 Å². The van der Waals surface area contributed by atoms with E-state index in [0.29, 0.717) is 11.6 Å². The average molecular weight is 326 g/mol. The number of hydrogen-bond acceptors (Lipinski definition) is 4. The van der Waals surface area contributed by atoms with Crippen molar-refractivity contribution in [2.45, 2.75) is 6.54 Å². The Hall–Kier alpha value is -2.05. The molecule has 0 saturated carbocycles. The maximum atomic E-state index is 11.7. The number of aromatic carboxylic acids is 1. The molecule has 0 aliphatic heterocycles. The van der Waals surface area contributed by atoms with Gasteiger partial charge in [0.05, 0.1) is 0 Å². The van der Waals surface area contributed by atoms with E-state index < -0.39 is 5.97 Å². The van der Waals surface area contributed by atoms with Gasteiger partial charge in [-0.3, -0.25) is 4.79 Å². The Kier molecular flexibility index (Phi) is 5.19. The molecule has 0 saturated heterocycles. The Balaban J connectivity index is 1.81. The first-order valence-corrected chi connectivity index (χ1v) is 7.27. The van der Waals surface area contributed by atoms with Gasteiger partial charge in [-0.25, -0.2) is 4.79 Å². The third kappa shape index (κ3) is 4.47. The largest absolute Gasteiger partial charge is 0.482 e. The molecule has 0 spiro atoms. The second kappa shape index (κ2) is 7.10. The van der Waals surface area contributed by atoms with Gasteiger partial charge in [0.1, 0.15) is 5.75 Å². The highest BCUT2D eigenvalue weighted by Crippen LogP contribution is 2.24. The van der Waals surface area contributed by atoms with E-state index >= 15 is 0 Å². The van der Waals surface area contributed by atoms with Crippen LogP contribution in [0.2, 0.25) is 5.02 Å². The number of carboxylic acid groups (broad SMARTS) is 1. The Morgan fingerprint density at radius 1 is 1.24 bits per heavy atom. The Morgan fingerprint density at radius 3 is 2.62 bits per heavy atom. The summed E-state index contributed by atoms with van der Waals surface area (Å²) in [5.41, 5.74) is 0.912. The predicted molar refractivity (Wildman–Crippen MR) is 80.1 cm³/mol. The molecule has 2 aromatic rings. The first kappa shape index (κ1) is 15.3. The van der Waals surface area contributed by atoms with Crippen LogP contribution in [0.4, 0.5) is 0 Å². The van der Waals surface area contributed by atoms with Gasteiger partial charge in [-0.2, -0.15) is 0 Å². The molecule has 1 amide bonds. The summed E-state index contributed by atoms with van der Waals surface area (Å²) in [4.78, 5) is 22.6. The highest BCUT2D eigenvalue weighted by molar-refractivity contribution is 7.12. The van der Waals surface area contributed by atoms with Crippen molar-refractivity contribution in [3.05, 3.63) is 51.2 Å². The van der Waals surface area contributed by atoms with E-state index in [1.54, 1.807) is 17.5 Å². The van der Waals surface area contributed by atoms with Crippen LogP contribution in [0.15, 0.2) is 35.7 Å². The van der Waals surface area contributed by atoms with Gasteiger partial charge in [-0.15, -0.1) is 11.3 Å². The molecular weight excluding hydrogens is 314 g/mol. The van der Waals surface area contributed by atoms with Crippen molar-refractivity contribution in [2.75, 3.05) is 6.61 Å². The maximum Gasteiger partial charge on any atom is 0.349 e. The molecule has 7 heteroatoms. The normalized spacial score (nSPS) is 10.1. The minimum absolute atomic E-state index is 0.0838. The summed E-state index contributed by atoms with van der Waals surface area (Å²) in [6.07, 6.45) is 0. The van der Waals surface area contributed by atoms with Crippen LogP contribution >= 0.6 is 22.9 Å². The lowest BCUT2D eigenvalue weighted by molar-refractivity contribution is -0.123. The Bertz CT molecular complexity index is 639. The minimum Gasteiger partial charge on any atom is -0.482 e. The van der Waals surface area contributed by atoms with Gasteiger partial charge in [0.2, 0.25) is 0 Å². The van der Waals surface area contributed by atoms with Crippen LogP contribution in [-0.2, 0) is 11.3 Å². The molecule has 0 aliphatic rings. The first-order valence-electron chi connectivity index (χ1n) is 6.01. The standard InChI is InChI=1S/C14H12ClNO4S/c15-10-3-1-9(2-4-10)7-16-12(17)8-20-11-5-6-21-13(11)14(18)19/h1-6H,7-8H2,(H,16,17)(H,18,19). The monoisotopic (exact) mass is 325 g/mol. The molecule has 1 aromatic heterocycles. The van der Waals surface area contributed by atoms with Crippen molar-refractivity contribution in [3.63, 3.8) is 0 Å². The van der Waals surface area contributed by atoms with Crippen LogP contribution in [-0.4, -0.2) is 23.6 Å². The molecule has 0 bridgehead atoms. The number of carbonyl (C=O) groups excluding carboxylic acids is 1. The number of benzene rings is 1. The summed E-state index contributed by atoms with van der Waals surface area (Å²) < 4.78 is 5.20. The van der Waals surface area contributed by atoms with Gasteiger partial charge in [0, 0.05) is 11.6 Å². The summed E-state index contributed by atoms with van der Waals surface area (Å²) in [7, 11) is 0. The fraction of sp³-hybridized carbons (Fsp3) is 0.143. The number of carboxylic acids is 1. The van der Waals surface area contributed by atoms with E-state index in [1.807, 2.05) is 12.1 Å². The predicted octanol–water partition coefficient (Wildman–Crippen LogP) is 2.79. The lowest BCUT2D eigenvalue weighted by atomic mass is 10.2. The van der Waals surface area contributed by atoms with Crippen LogP contribution < -0.4 is 10.1 Å². The van der Waals surface area contributed by atoms with Gasteiger partial charge in [-0.1, -0.05) is 23.7 Å². The number of thiophene rings is 1. The molecule has 0 atom stereocenters. The highest BCUT2D eigenvalue weighted by atomic mass is 35.5. The molecule has 0 unspecified atom stereocenters. The summed E-state index contributed by atoms with van der Waals surface area (Å²) in [6, 6.07) is 8.63. The summed E-state index contributed by atoms with van der Waals surface area (Å²) in [6.45, 7) is 0.124. The molecule has 5 nitrogen and oxygen atoms in total. The molecule has 0 aliphatic carbocycles. The molecule has 21 heavy (non-hydrogen) atoms. The number of halogens is 1. The zero-order valence-corrected chi connectivity index (χ0v) is 12.4. The van der Waals surface area contributed by atoms with Crippen LogP contribution in [0.3, 0.4) is 0 Å². The third-order valence-corrected chi connectivity index (χ3v) is 3.72. The van der Waals surface area contributed by atoms with E-state index in [9.17, 15) is 9.59 Å². The maximum absolute atomic E-state index is 11.7. The molecule has 0 fully saturated rings. The highest BCUT2D eigenvalue weighted by Gasteiger charge is 2.14. The molecule has 110 valence electrons. The third-order valence-electron chi connectivity index (χ3n) is 2.59. The lowest BCUT2D eigenvalue weighted by Crippen LogP contribution is -2.28. The van der Waals surface area contributed by atoms with E-state index in [2.05, 4.69) is 5.32 Å². The Labute approximate surface area is 130 Å². The van der Waals surface area contributed by atoms with Crippen LogP contribution in [0.1, 0.15) is 15.2 Å². The number of amides is 1. The number of rotatable bonds is 6. The average Bonchev–Trinajstić information content (AvgIpc) is 2.93. The summed E-state index contributed by atoms with van der Waals surface area (Å²) in [5.74, 6) is -1.19. The van der Waals surface area contributed by atoms with Crippen molar-refractivity contribution < 1.29 is 19.4 Å². The van der Waals surface area contributed by atoms with Crippen molar-refractivity contribution in [1.82, 2.24) is 5.32 Å². The van der Waals surface area contributed by atoms with E-state index in [0.717, 1.165) is 16.9 Å². The topological polar surface area (TPSA) is 75.6 Å². The molecule has 1 aromatic carbocycles. The smallest absolute Gasteiger partial charge is 0.349 e. The van der Waals surface area contributed by atoms with Crippen molar-refractivity contribution >= 4 is 34.8 Å². The van der Waals surface area contributed by atoms with Gasteiger partial charge in [0.25, 0.3) is 5.91 Å². The first-order chi connectivity index (χ1) is 10.1. The second-order valence-electron chi connectivity index (χ2n) is 4.11. The SMILES string of the molecule is O=C(COc1ccsc1C(=O)O)NCc1ccc(Cl)cc1. The van der Waals surface area contributed by atoms with Crippen LogP contribution in [0, 0.1) is 0 Å². The number of ether oxygens (including phenoxy) is 1. The van der Waals surface area contributed by atoms with Crippen molar-refractivity contribution in [2.24, 2.45) is 0 Å². The zero-order chi connectivity index (χ0) is 15.2. The number of carbonyl (C=O) groups is 2.